The highest BCUT2D eigenvalue weighted by Crippen LogP contribution is 2.36. The molecule has 1 atom stereocenters. The normalized spacial score (nSPS) is 12.2. The van der Waals surface area contributed by atoms with E-state index in [1.165, 1.54) is 11.8 Å². The molecule has 0 spiro atoms. The lowest BCUT2D eigenvalue weighted by atomic mass is 10.1. The van der Waals surface area contributed by atoms with E-state index in [9.17, 15) is 9.59 Å². The van der Waals surface area contributed by atoms with Crippen molar-refractivity contribution >= 4 is 40.0 Å². The molecule has 2 heterocycles. The van der Waals surface area contributed by atoms with E-state index in [0.29, 0.717) is 22.9 Å². The molecule has 0 bridgehead atoms. The number of para-hydroxylation sites is 1. The first kappa shape index (κ1) is 23.8. The fourth-order valence-electron chi connectivity index (χ4n) is 4.50. The quantitative estimate of drug-likeness (QED) is 0.299. The van der Waals surface area contributed by atoms with Crippen molar-refractivity contribution in [2.45, 2.75) is 44.1 Å². The van der Waals surface area contributed by atoms with Crippen molar-refractivity contribution in [1.29, 1.82) is 0 Å². The van der Waals surface area contributed by atoms with Crippen molar-refractivity contribution in [2.24, 2.45) is 0 Å². The molecule has 8 heteroatoms. The average Bonchev–Trinajstić information content (AvgIpc) is 3.28. The molecule has 1 amide bonds. The zero-order valence-corrected chi connectivity index (χ0v) is 21.2. The number of carbonyl (C=O) groups excluding carboxylic acids is 1. The van der Waals surface area contributed by atoms with Gasteiger partial charge in [0.05, 0.1) is 10.9 Å². The molecule has 0 saturated heterocycles. The van der Waals surface area contributed by atoms with Crippen LogP contribution in [-0.2, 0) is 11.3 Å². The number of rotatable bonds is 7. The van der Waals surface area contributed by atoms with Crippen LogP contribution in [-0.4, -0.2) is 25.1 Å². The third-order valence-electron chi connectivity index (χ3n) is 5.98. The van der Waals surface area contributed by atoms with Crippen molar-refractivity contribution in [3.05, 3.63) is 99.8 Å². The lowest BCUT2D eigenvalue weighted by Gasteiger charge is -2.17. The van der Waals surface area contributed by atoms with E-state index in [1.54, 1.807) is 4.57 Å². The predicted molar refractivity (Wildman–Crippen MR) is 145 cm³/mol. The molecule has 5 aromatic rings. The number of carbonyl (C=O) groups is 1. The van der Waals surface area contributed by atoms with Gasteiger partial charge in [-0.15, -0.1) is 10.2 Å². The van der Waals surface area contributed by atoms with Crippen molar-refractivity contribution in [3.8, 4) is 0 Å². The molecular weight excluding hydrogens is 470 g/mol. The molecule has 5 rings (SSSR count). The van der Waals surface area contributed by atoms with Gasteiger partial charge in [0.25, 0.3) is 5.56 Å². The Kier molecular flexibility index (Phi) is 6.61. The van der Waals surface area contributed by atoms with E-state index in [0.717, 1.165) is 34.3 Å². The predicted octanol–water partition coefficient (Wildman–Crippen LogP) is 5.54. The Morgan fingerprint density at radius 3 is 2.39 bits per heavy atom. The highest BCUT2D eigenvalue weighted by Gasteiger charge is 2.26. The number of aromatic nitrogens is 4. The lowest BCUT2D eigenvalue weighted by Crippen LogP contribution is -2.23. The highest BCUT2D eigenvalue weighted by atomic mass is 32.2. The Hall–Kier alpha value is -3.91. The molecule has 7 nitrogen and oxygen atoms in total. The number of aryl methyl sites for hydroxylation is 3. The molecule has 0 aliphatic heterocycles. The Bertz CT molecular complexity index is 1600. The van der Waals surface area contributed by atoms with Gasteiger partial charge in [0.15, 0.2) is 5.16 Å². The number of benzene rings is 3. The van der Waals surface area contributed by atoms with Crippen molar-refractivity contribution in [1.82, 2.24) is 19.2 Å². The monoisotopic (exact) mass is 497 g/mol. The van der Waals surface area contributed by atoms with E-state index in [4.69, 9.17) is 0 Å². The minimum absolute atomic E-state index is 0.0870. The molecule has 36 heavy (non-hydrogen) atoms. The molecule has 0 aliphatic rings. The molecule has 0 radical (unpaired) electrons. The standard InChI is InChI=1S/C28H27N5O2S/c1-4-14-32-26(35)22-12-8-9-13-23(22)33-27(32)30-31-28(33)36-24(20-10-6-5-7-11-20)25(34)29-21-16-18(2)15-19(3)17-21/h5-13,15-17,24H,4,14H2,1-3H3,(H,29,34). The second-order valence-electron chi connectivity index (χ2n) is 8.87. The highest BCUT2D eigenvalue weighted by molar-refractivity contribution is 8.00. The molecule has 3 aromatic carbocycles. The maximum Gasteiger partial charge on any atom is 0.262 e. The van der Waals surface area contributed by atoms with E-state index >= 15 is 0 Å². The first-order chi connectivity index (χ1) is 17.5. The second kappa shape index (κ2) is 9.99. The van der Waals surface area contributed by atoms with Gasteiger partial charge in [0.1, 0.15) is 5.25 Å². The topological polar surface area (TPSA) is 81.3 Å². The Balaban J connectivity index is 1.61. The summed E-state index contributed by atoms with van der Waals surface area (Å²) in [5.74, 6) is 0.323. The second-order valence-corrected chi connectivity index (χ2v) is 9.94. The van der Waals surface area contributed by atoms with Crippen LogP contribution < -0.4 is 10.9 Å². The summed E-state index contributed by atoms with van der Waals surface area (Å²) >= 11 is 1.32. The minimum atomic E-state index is -0.579. The van der Waals surface area contributed by atoms with Crippen LogP contribution in [0.5, 0.6) is 0 Å². The summed E-state index contributed by atoms with van der Waals surface area (Å²) in [5.41, 5.74) is 4.41. The van der Waals surface area contributed by atoms with Gasteiger partial charge in [-0.25, -0.2) is 0 Å². The first-order valence-corrected chi connectivity index (χ1v) is 12.8. The number of hydrogen-bond donors (Lipinski definition) is 1. The summed E-state index contributed by atoms with van der Waals surface area (Å²) in [6.07, 6.45) is 0.786. The largest absolute Gasteiger partial charge is 0.325 e. The van der Waals surface area contributed by atoms with E-state index in [1.807, 2.05) is 91.9 Å². The van der Waals surface area contributed by atoms with Gasteiger partial charge in [-0.3, -0.25) is 18.6 Å². The van der Waals surface area contributed by atoms with E-state index < -0.39 is 5.25 Å². The summed E-state index contributed by atoms with van der Waals surface area (Å²) in [4.78, 5) is 26.8. The van der Waals surface area contributed by atoms with Gasteiger partial charge in [-0.2, -0.15) is 0 Å². The molecular formula is C28H27N5O2S. The molecule has 182 valence electrons. The van der Waals surface area contributed by atoms with Crippen LogP contribution >= 0.6 is 11.8 Å². The maximum absolute atomic E-state index is 13.6. The van der Waals surface area contributed by atoms with E-state index in [2.05, 4.69) is 21.6 Å². The van der Waals surface area contributed by atoms with E-state index in [-0.39, 0.29) is 11.5 Å². The fourth-order valence-corrected chi connectivity index (χ4v) is 5.54. The molecule has 1 N–H and O–H groups in total. The molecule has 0 saturated carbocycles. The third-order valence-corrected chi connectivity index (χ3v) is 7.18. The van der Waals surface area contributed by atoms with Crippen LogP contribution in [0.15, 0.2) is 82.7 Å². The van der Waals surface area contributed by atoms with Gasteiger partial charge >= 0.3 is 0 Å². The van der Waals surface area contributed by atoms with Gasteiger partial charge in [0, 0.05) is 12.2 Å². The first-order valence-electron chi connectivity index (χ1n) is 11.9. The summed E-state index contributed by atoms with van der Waals surface area (Å²) < 4.78 is 3.55. The number of hydrogen-bond acceptors (Lipinski definition) is 5. The number of nitrogens with one attached hydrogen (secondary N) is 1. The Labute approximate surface area is 213 Å². The third kappa shape index (κ3) is 4.52. The lowest BCUT2D eigenvalue weighted by molar-refractivity contribution is -0.115. The molecule has 0 fully saturated rings. The smallest absolute Gasteiger partial charge is 0.262 e. The van der Waals surface area contributed by atoms with Crippen molar-refractivity contribution in [3.63, 3.8) is 0 Å². The van der Waals surface area contributed by atoms with Crippen molar-refractivity contribution < 1.29 is 4.79 Å². The number of amides is 1. The maximum atomic E-state index is 13.6. The van der Waals surface area contributed by atoms with Gasteiger partial charge in [0.2, 0.25) is 11.7 Å². The van der Waals surface area contributed by atoms with Crippen LogP contribution in [0, 0.1) is 13.8 Å². The SMILES string of the molecule is CCCn1c(=O)c2ccccc2n2c(SC(C(=O)Nc3cc(C)cc(C)c3)c3ccccc3)nnc12. The Morgan fingerprint density at radius 2 is 1.67 bits per heavy atom. The van der Waals surface area contributed by atoms with Gasteiger partial charge < -0.3 is 5.32 Å². The average molecular weight is 498 g/mol. The van der Waals surface area contributed by atoms with Crippen LogP contribution in [0.3, 0.4) is 0 Å². The fraction of sp³-hybridized carbons (Fsp3) is 0.214. The summed E-state index contributed by atoms with van der Waals surface area (Å²) in [6, 6.07) is 23.1. The summed E-state index contributed by atoms with van der Waals surface area (Å²) in [5, 5.41) is 12.5. The zero-order valence-electron chi connectivity index (χ0n) is 20.4. The number of anilines is 1. The molecule has 1 unspecified atom stereocenters. The summed E-state index contributed by atoms with van der Waals surface area (Å²) in [6.45, 7) is 6.57. The Morgan fingerprint density at radius 1 is 0.972 bits per heavy atom. The van der Waals surface area contributed by atoms with Crippen molar-refractivity contribution in [2.75, 3.05) is 5.32 Å². The molecule has 2 aromatic heterocycles. The number of fused-ring (bicyclic) bond motifs is 3. The zero-order chi connectivity index (χ0) is 25.2. The number of thioether (sulfide) groups is 1. The minimum Gasteiger partial charge on any atom is -0.325 e. The summed E-state index contributed by atoms with van der Waals surface area (Å²) in [7, 11) is 0. The van der Waals surface area contributed by atoms with Gasteiger partial charge in [-0.05, 0) is 61.2 Å². The van der Waals surface area contributed by atoms with Gasteiger partial charge in [-0.1, -0.05) is 67.2 Å². The van der Waals surface area contributed by atoms with Crippen LogP contribution in [0.1, 0.15) is 35.3 Å². The van der Waals surface area contributed by atoms with Crippen LogP contribution in [0.2, 0.25) is 0 Å². The van der Waals surface area contributed by atoms with Crippen LogP contribution in [0.4, 0.5) is 5.69 Å². The molecule has 0 aliphatic carbocycles. The van der Waals surface area contributed by atoms with Crippen LogP contribution in [0.25, 0.3) is 16.7 Å². The number of nitrogens with zero attached hydrogens (tertiary/aromatic N) is 4.